The summed E-state index contributed by atoms with van der Waals surface area (Å²) in [6, 6.07) is 8.80. The van der Waals surface area contributed by atoms with Crippen LogP contribution in [0.2, 0.25) is 0 Å². The van der Waals surface area contributed by atoms with Crippen LogP contribution in [0.1, 0.15) is 31.4 Å². The molecule has 1 N–H and O–H groups in total. The largest absolute Gasteiger partial charge is 0.317 e. The molecule has 2 heteroatoms. The third-order valence-electron chi connectivity index (χ3n) is 2.99. The summed E-state index contributed by atoms with van der Waals surface area (Å²) in [5, 5.41) is 3.39. The zero-order valence-electron chi connectivity index (χ0n) is 11.5. The summed E-state index contributed by atoms with van der Waals surface area (Å²) in [4.78, 5) is 2.39. The third-order valence-corrected chi connectivity index (χ3v) is 2.99. The van der Waals surface area contributed by atoms with Crippen molar-refractivity contribution in [2.45, 2.75) is 33.2 Å². The van der Waals surface area contributed by atoms with Gasteiger partial charge in [0.05, 0.1) is 0 Å². The minimum atomic E-state index is 1.05. The summed E-state index contributed by atoms with van der Waals surface area (Å²) in [6.07, 6.45) is 2.35. The zero-order chi connectivity index (χ0) is 12.5. The van der Waals surface area contributed by atoms with E-state index < -0.39 is 0 Å². The Morgan fingerprint density at radius 3 is 2.47 bits per heavy atom. The molecule has 0 bridgehead atoms. The van der Waals surface area contributed by atoms with E-state index in [0.29, 0.717) is 0 Å². The molecule has 0 saturated heterocycles. The maximum absolute atomic E-state index is 3.39. The van der Waals surface area contributed by atoms with Crippen LogP contribution in [0, 0.1) is 0 Å². The molecule has 0 aliphatic rings. The SMILES string of the molecule is CCCN(C)Cc1ccccc1CCNCC. The fourth-order valence-corrected chi connectivity index (χ4v) is 2.11. The van der Waals surface area contributed by atoms with Crippen LogP contribution in [0.5, 0.6) is 0 Å². The Morgan fingerprint density at radius 2 is 1.82 bits per heavy atom. The first-order valence-corrected chi connectivity index (χ1v) is 6.74. The van der Waals surface area contributed by atoms with Gasteiger partial charge in [-0.3, -0.25) is 0 Å². The molecule has 0 aromatic heterocycles. The van der Waals surface area contributed by atoms with Crippen molar-refractivity contribution in [1.29, 1.82) is 0 Å². The zero-order valence-corrected chi connectivity index (χ0v) is 11.5. The lowest BCUT2D eigenvalue weighted by atomic mass is 10.0. The second-order valence-corrected chi connectivity index (χ2v) is 4.61. The van der Waals surface area contributed by atoms with Crippen LogP contribution in [0.25, 0.3) is 0 Å². The molecule has 0 spiro atoms. The van der Waals surface area contributed by atoms with E-state index in [4.69, 9.17) is 0 Å². The summed E-state index contributed by atoms with van der Waals surface area (Å²) in [5.74, 6) is 0. The third kappa shape index (κ3) is 5.33. The Morgan fingerprint density at radius 1 is 1.12 bits per heavy atom. The second kappa shape index (κ2) is 8.26. The van der Waals surface area contributed by atoms with E-state index in [9.17, 15) is 0 Å². The van der Waals surface area contributed by atoms with Gasteiger partial charge >= 0.3 is 0 Å². The first kappa shape index (κ1) is 14.2. The normalized spacial score (nSPS) is 11.1. The molecule has 2 nitrogen and oxygen atoms in total. The number of nitrogens with zero attached hydrogens (tertiary/aromatic N) is 1. The van der Waals surface area contributed by atoms with Gasteiger partial charge in [-0.05, 0) is 50.7 Å². The summed E-state index contributed by atoms with van der Waals surface area (Å²) in [7, 11) is 2.20. The van der Waals surface area contributed by atoms with Gasteiger partial charge in [0.15, 0.2) is 0 Å². The molecule has 0 heterocycles. The highest BCUT2D eigenvalue weighted by atomic mass is 15.1. The quantitative estimate of drug-likeness (QED) is 0.696. The maximum atomic E-state index is 3.39. The van der Waals surface area contributed by atoms with Crippen LogP contribution in [0.4, 0.5) is 0 Å². The fraction of sp³-hybridized carbons (Fsp3) is 0.600. The van der Waals surface area contributed by atoms with Gasteiger partial charge in [-0.1, -0.05) is 38.1 Å². The average molecular weight is 234 g/mol. The summed E-state index contributed by atoms with van der Waals surface area (Å²) >= 11 is 0. The van der Waals surface area contributed by atoms with Crippen molar-refractivity contribution in [3.63, 3.8) is 0 Å². The predicted octanol–water partition coefficient (Wildman–Crippen LogP) is 2.68. The van der Waals surface area contributed by atoms with E-state index in [0.717, 1.165) is 26.1 Å². The van der Waals surface area contributed by atoms with Gasteiger partial charge in [-0.25, -0.2) is 0 Å². The molecule has 0 saturated carbocycles. The summed E-state index contributed by atoms with van der Waals surface area (Å²) in [5.41, 5.74) is 2.96. The lowest BCUT2D eigenvalue weighted by molar-refractivity contribution is 0.326. The Balaban J connectivity index is 2.57. The van der Waals surface area contributed by atoms with Crippen LogP contribution in [-0.4, -0.2) is 31.6 Å². The van der Waals surface area contributed by atoms with Crippen molar-refractivity contribution in [2.24, 2.45) is 0 Å². The molecule has 1 aromatic carbocycles. The highest BCUT2D eigenvalue weighted by Crippen LogP contribution is 2.11. The monoisotopic (exact) mass is 234 g/mol. The number of nitrogens with one attached hydrogen (secondary N) is 1. The van der Waals surface area contributed by atoms with Gasteiger partial charge in [0.1, 0.15) is 0 Å². The van der Waals surface area contributed by atoms with E-state index in [2.05, 4.69) is 55.4 Å². The van der Waals surface area contributed by atoms with Crippen molar-refractivity contribution < 1.29 is 0 Å². The van der Waals surface area contributed by atoms with Gasteiger partial charge in [0, 0.05) is 6.54 Å². The lowest BCUT2D eigenvalue weighted by Gasteiger charge is -2.18. The molecule has 0 atom stereocenters. The van der Waals surface area contributed by atoms with Crippen LogP contribution in [-0.2, 0) is 13.0 Å². The molecule has 96 valence electrons. The van der Waals surface area contributed by atoms with Crippen LogP contribution in [0.15, 0.2) is 24.3 Å². The fourth-order valence-electron chi connectivity index (χ4n) is 2.11. The molecule has 17 heavy (non-hydrogen) atoms. The summed E-state index contributed by atoms with van der Waals surface area (Å²) < 4.78 is 0. The van der Waals surface area contributed by atoms with E-state index in [1.807, 2.05) is 0 Å². The topological polar surface area (TPSA) is 15.3 Å². The molecule has 0 unspecified atom stereocenters. The highest BCUT2D eigenvalue weighted by molar-refractivity contribution is 5.27. The summed E-state index contributed by atoms with van der Waals surface area (Å²) in [6.45, 7) is 8.75. The van der Waals surface area contributed by atoms with Crippen molar-refractivity contribution in [2.75, 3.05) is 26.7 Å². The molecule has 0 radical (unpaired) electrons. The molecule has 0 fully saturated rings. The van der Waals surface area contributed by atoms with E-state index in [1.165, 1.54) is 24.1 Å². The van der Waals surface area contributed by atoms with E-state index in [-0.39, 0.29) is 0 Å². The molecule has 0 amide bonds. The van der Waals surface area contributed by atoms with Crippen molar-refractivity contribution in [1.82, 2.24) is 10.2 Å². The molecule has 1 rings (SSSR count). The van der Waals surface area contributed by atoms with E-state index in [1.54, 1.807) is 0 Å². The molecule has 0 aliphatic carbocycles. The Kier molecular flexibility index (Phi) is 6.90. The predicted molar refractivity (Wildman–Crippen MR) is 75.3 cm³/mol. The number of benzene rings is 1. The van der Waals surface area contributed by atoms with Gasteiger partial charge < -0.3 is 10.2 Å². The Labute approximate surface area is 106 Å². The average Bonchev–Trinajstić information content (AvgIpc) is 2.32. The molecule has 0 aliphatic heterocycles. The second-order valence-electron chi connectivity index (χ2n) is 4.61. The van der Waals surface area contributed by atoms with Gasteiger partial charge in [-0.15, -0.1) is 0 Å². The Hall–Kier alpha value is -0.860. The van der Waals surface area contributed by atoms with E-state index >= 15 is 0 Å². The van der Waals surface area contributed by atoms with Crippen molar-refractivity contribution in [3.8, 4) is 0 Å². The lowest BCUT2D eigenvalue weighted by Crippen LogP contribution is -2.21. The first-order valence-electron chi connectivity index (χ1n) is 6.74. The van der Waals surface area contributed by atoms with Gasteiger partial charge in [0.25, 0.3) is 0 Å². The smallest absolute Gasteiger partial charge is 0.0233 e. The molecular formula is C15H26N2. The minimum absolute atomic E-state index is 1.05. The van der Waals surface area contributed by atoms with Crippen LogP contribution >= 0.6 is 0 Å². The number of hydrogen-bond acceptors (Lipinski definition) is 2. The van der Waals surface area contributed by atoms with Gasteiger partial charge in [0.2, 0.25) is 0 Å². The highest BCUT2D eigenvalue weighted by Gasteiger charge is 2.04. The molecule has 1 aromatic rings. The first-order chi connectivity index (χ1) is 8.27. The standard InChI is InChI=1S/C15H26N2/c1-4-12-17(3)13-15-9-7-6-8-14(15)10-11-16-5-2/h6-9,16H,4-5,10-13H2,1-3H3. The van der Waals surface area contributed by atoms with Gasteiger partial charge in [-0.2, -0.15) is 0 Å². The Bertz CT molecular complexity index is 310. The number of rotatable bonds is 8. The number of likely N-dealkylation sites (N-methyl/N-ethyl adjacent to an activating group) is 1. The van der Waals surface area contributed by atoms with Crippen LogP contribution < -0.4 is 5.32 Å². The van der Waals surface area contributed by atoms with Crippen LogP contribution in [0.3, 0.4) is 0 Å². The van der Waals surface area contributed by atoms with Crippen molar-refractivity contribution in [3.05, 3.63) is 35.4 Å². The number of hydrogen-bond donors (Lipinski definition) is 1. The molecular weight excluding hydrogens is 208 g/mol. The van der Waals surface area contributed by atoms with Crippen molar-refractivity contribution >= 4 is 0 Å². The maximum Gasteiger partial charge on any atom is 0.0233 e. The minimum Gasteiger partial charge on any atom is -0.317 e.